The maximum atomic E-state index is 13.1. The van der Waals surface area contributed by atoms with Crippen LogP contribution in [0, 0.1) is 0 Å². The third kappa shape index (κ3) is 3.95. The summed E-state index contributed by atoms with van der Waals surface area (Å²) in [5, 5.41) is 4.18. The molecule has 1 heterocycles. The fraction of sp³-hybridized carbons (Fsp3) is 0.0833. The molecule has 150 valence electrons. The van der Waals surface area contributed by atoms with Crippen LogP contribution in [0.4, 0.5) is 11.4 Å². The second kappa shape index (κ2) is 8.69. The molecule has 0 aliphatic rings. The second-order valence-corrected chi connectivity index (χ2v) is 8.09. The van der Waals surface area contributed by atoms with Gasteiger partial charge in [-0.15, -0.1) is 11.3 Å². The molecule has 0 radical (unpaired) electrons. The van der Waals surface area contributed by atoms with Crippen LogP contribution in [0.3, 0.4) is 0 Å². The summed E-state index contributed by atoms with van der Waals surface area (Å²) < 4.78 is 0.957. The number of thiophene rings is 1. The third-order valence-corrected chi connectivity index (χ3v) is 6.41. The summed E-state index contributed by atoms with van der Waals surface area (Å²) >= 11 is 7.77. The molecule has 0 atom stereocenters. The van der Waals surface area contributed by atoms with Gasteiger partial charge in [-0.2, -0.15) is 0 Å². The molecular formula is C24H19ClN2O2S. The number of carbonyl (C=O) groups excluding carboxylic acids is 2. The van der Waals surface area contributed by atoms with Crippen molar-refractivity contribution in [3.63, 3.8) is 0 Å². The summed E-state index contributed by atoms with van der Waals surface area (Å²) in [6, 6.07) is 24.1. The largest absolute Gasteiger partial charge is 0.321 e. The van der Waals surface area contributed by atoms with Crippen LogP contribution < -0.4 is 10.2 Å². The molecule has 1 N–H and O–H groups in total. The molecule has 0 saturated carbocycles. The Bertz CT molecular complexity index is 1220. The van der Waals surface area contributed by atoms with Gasteiger partial charge >= 0.3 is 0 Å². The summed E-state index contributed by atoms with van der Waals surface area (Å²) in [7, 11) is 0. The highest BCUT2D eigenvalue weighted by Gasteiger charge is 2.19. The minimum atomic E-state index is -0.291. The van der Waals surface area contributed by atoms with Crippen LogP contribution in [0.15, 0.2) is 78.9 Å². The van der Waals surface area contributed by atoms with Crippen LogP contribution >= 0.6 is 22.9 Å². The van der Waals surface area contributed by atoms with Gasteiger partial charge in [0.25, 0.3) is 11.8 Å². The molecule has 0 bridgehead atoms. The number of para-hydroxylation sites is 1. The molecular weight excluding hydrogens is 416 g/mol. The summed E-state index contributed by atoms with van der Waals surface area (Å²) in [6.07, 6.45) is 0. The first-order valence-electron chi connectivity index (χ1n) is 9.54. The number of amides is 2. The van der Waals surface area contributed by atoms with Crippen LogP contribution in [0.25, 0.3) is 10.1 Å². The van der Waals surface area contributed by atoms with Gasteiger partial charge in [-0.05, 0) is 43.3 Å². The van der Waals surface area contributed by atoms with Gasteiger partial charge in [0.1, 0.15) is 4.88 Å². The molecule has 0 spiro atoms. The van der Waals surface area contributed by atoms with Gasteiger partial charge in [-0.25, -0.2) is 0 Å². The van der Waals surface area contributed by atoms with Gasteiger partial charge in [0.15, 0.2) is 0 Å². The third-order valence-electron chi connectivity index (χ3n) is 4.74. The van der Waals surface area contributed by atoms with Gasteiger partial charge in [0, 0.05) is 33.6 Å². The lowest BCUT2D eigenvalue weighted by Gasteiger charge is -2.21. The van der Waals surface area contributed by atoms with Crippen molar-refractivity contribution >= 4 is 56.2 Å². The number of nitrogens with one attached hydrogen (secondary N) is 1. The molecule has 4 nitrogen and oxygen atoms in total. The van der Waals surface area contributed by atoms with Crippen LogP contribution in [-0.4, -0.2) is 18.4 Å². The standard InChI is InChI=1S/C24H19ClN2O2S/c1-2-27(18-11-4-3-5-12-18)24(29)16-9-8-10-17(15-16)26-23(28)22-21(25)19-13-6-7-14-20(19)30-22/h3-15H,2H2,1H3,(H,26,28). The van der Waals surface area contributed by atoms with E-state index < -0.39 is 0 Å². The number of rotatable bonds is 5. The molecule has 0 unspecified atom stereocenters. The van der Waals surface area contributed by atoms with Gasteiger partial charge in [-0.1, -0.05) is 54.1 Å². The smallest absolute Gasteiger partial charge is 0.267 e. The predicted octanol–water partition coefficient (Wildman–Crippen LogP) is 6.47. The lowest BCUT2D eigenvalue weighted by molar-refractivity contribution is 0.0986. The molecule has 4 aromatic rings. The Labute approximate surface area is 183 Å². The molecule has 4 rings (SSSR count). The van der Waals surface area contributed by atoms with Gasteiger partial charge < -0.3 is 10.2 Å². The number of anilines is 2. The lowest BCUT2D eigenvalue weighted by atomic mass is 10.1. The molecule has 0 aliphatic heterocycles. The summed E-state index contributed by atoms with van der Waals surface area (Å²) in [5.41, 5.74) is 1.88. The van der Waals surface area contributed by atoms with Gasteiger partial charge in [0.2, 0.25) is 0 Å². The first-order chi connectivity index (χ1) is 14.6. The molecule has 2 amide bonds. The molecule has 1 aromatic heterocycles. The van der Waals surface area contributed by atoms with Gasteiger partial charge in [-0.3, -0.25) is 9.59 Å². The Morgan fingerprint density at radius 2 is 1.70 bits per heavy atom. The second-order valence-electron chi connectivity index (χ2n) is 6.66. The highest BCUT2D eigenvalue weighted by Crippen LogP contribution is 2.35. The van der Waals surface area contributed by atoms with Gasteiger partial charge in [0.05, 0.1) is 5.02 Å². The molecule has 3 aromatic carbocycles. The highest BCUT2D eigenvalue weighted by atomic mass is 35.5. The number of halogens is 1. The van der Waals surface area contributed by atoms with Crippen molar-refractivity contribution in [1.82, 2.24) is 0 Å². The number of benzene rings is 3. The number of hydrogen-bond donors (Lipinski definition) is 1. The van der Waals surface area contributed by atoms with Crippen LogP contribution in [0.2, 0.25) is 5.02 Å². The zero-order chi connectivity index (χ0) is 21.1. The van der Waals surface area contributed by atoms with Crippen molar-refractivity contribution in [3.8, 4) is 0 Å². The van der Waals surface area contributed by atoms with E-state index >= 15 is 0 Å². The molecule has 0 saturated heterocycles. The van der Waals surface area contributed by atoms with Crippen molar-refractivity contribution < 1.29 is 9.59 Å². The number of carbonyl (C=O) groups is 2. The summed E-state index contributed by atoms with van der Waals surface area (Å²) in [6.45, 7) is 2.47. The van der Waals surface area contributed by atoms with Crippen molar-refractivity contribution in [1.29, 1.82) is 0 Å². The Balaban J connectivity index is 1.58. The highest BCUT2D eigenvalue weighted by molar-refractivity contribution is 7.21. The zero-order valence-electron chi connectivity index (χ0n) is 16.3. The van der Waals surface area contributed by atoms with Crippen LogP contribution in [0.5, 0.6) is 0 Å². The van der Waals surface area contributed by atoms with E-state index in [2.05, 4.69) is 5.32 Å². The average Bonchev–Trinajstić information content (AvgIpc) is 3.12. The predicted molar refractivity (Wildman–Crippen MR) is 125 cm³/mol. The molecule has 6 heteroatoms. The SMILES string of the molecule is CCN(C(=O)c1cccc(NC(=O)c2sc3ccccc3c2Cl)c1)c1ccccc1. The fourth-order valence-electron chi connectivity index (χ4n) is 3.29. The van der Waals surface area contributed by atoms with Crippen molar-refractivity contribution in [2.75, 3.05) is 16.8 Å². The normalized spacial score (nSPS) is 10.7. The monoisotopic (exact) mass is 434 g/mol. The molecule has 30 heavy (non-hydrogen) atoms. The van der Waals surface area contributed by atoms with E-state index in [1.54, 1.807) is 29.2 Å². The van der Waals surface area contributed by atoms with Crippen LogP contribution in [-0.2, 0) is 0 Å². The van der Waals surface area contributed by atoms with E-state index in [-0.39, 0.29) is 11.8 Å². The van der Waals surface area contributed by atoms with E-state index in [0.717, 1.165) is 15.8 Å². The van der Waals surface area contributed by atoms with E-state index in [1.165, 1.54) is 11.3 Å². The quantitative estimate of drug-likeness (QED) is 0.391. The minimum Gasteiger partial charge on any atom is -0.321 e. The number of nitrogens with zero attached hydrogens (tertiary/aromatic N) is 1. The minimum absolute atomic E-state index is 0.125. The maximum absolute atomic E-state index is 13.1. The Morgan fingerprint density at radius 3 is 2.43 bits per heavy atom. The van der Waals surface area contributed by atoms with Crippen molar-refractivity contribution in [3.05, 3.63) is 94.3 Å². The lowest BCUT2D eigenvalue weighted by Crippen LogP contribution is -2.30. The first kappa shape index (κ1) is 20.1. The van der Waals surface area contributed by atoms with E-state index in [9.17, 15) is 9.59 Å². The maximum Gasteiger partial charge on any atom is 0.267 e. The summed E-state index contributed by atoms with van der Waals surface area (Å²) in [5.74, 6) is -0.416. The van der Waals surface area contributed by atoms with Crippen molar-refractivity contribution in [2.45, 2.75) is 6.92 Å². The van der Waals surface area contributed by atoms with Crippen LogP contribution in [0.1, 0.15) is 27.0 Å². The number of fused-ring (bicyclic) bond motifs is 1. The van der Waals surface area contributed by atoms with E-state index in [1.807, 2.05) is 61.5 Å². The topological polar surface area (TPSA) is 49.4 Å². The molecule has 0 fully saturated rings. The summed E-state index contributed by atoms with van der Waals surface area (Å²) in [4.78, 5) is 28.0. The Kier molecular flexibility index (Phi) is 5.84. The zero-order valence-corrected chi connectivity index (χ0v) is 17.8. The first-order valence-corrected chi connectivity index (χ1v) is 10.7. The van der Waals surface area contributed by atoms with E-state index in [4.69, 9.17) is 11.6 Å². The van der Waals surface area contributed by atoms with E-state index in [0.29, 0.717) is 27.7 Å². The number of hydrogen-bond acceptors (Lipinski definition) is 3. The van der Waals surface area contributed by atoms with Crippen molar-refractivity contribution in [2.24, 2.45) is 0 Å². The fourth-order valence-corrected chi connectivity index (χ4v) is 4.70. The molecule has 0 aliphatic carbocycles. The Morgan fingerprint density at radius 1 is 0.967 bits per heavy atom. The average molecular weight is 435 g/mol. The Hall–Kier alpha value is -3.15.